The molecule has 1 unspecified atom stereocenters. The zero-order valence-electron chi connectivity index (χ0n) is 12.1. The number of hydrogen-bond donors (Lipinski definition) is 2. The molecule has 1 fully saturated rings. The fraction of sp³-hybridized carbons (Fsp3) is 0.400. The Morgan fingerprint density at radius 3 is 2.95 bits per heavy atom. The Morgan fingerprint density at radius 2 is 2.18 bits per heavy atom. The van der Waals surface area contributed by atoms with Gasteiger partial charge in [0.25, 0.3) is 0 Å². The summed E-state index contributed by atoms with van der Waals surface area (Å²) in [5.41, 5.74) is 1.25. The smallest absolute Gasteiger partial charge is 0.243 e. The summed E-state index contributed by atoms with van der Waals surface area (Å²) in [7, 11) is 0. The van der Waals surface area contributed by atoms with E-state index in [2.05, 4.69) is 33.0 Å². The van der Waals surface area contributed by atoms with Gasteiger partial charge < -0.3 is 5.32 Å². The summed E-state index contributed by atoms with van der Waals surface area (Å²) < 4.78 is 0.871. The van der Waals surface area contributed by atoms with Crippen LogP contribution in [0, 0.1) is 0 Å². The van der Waals surface area contributed by atoms with E-state index in [4.69, 9.17) is 0 Å². The fourth-order valence-electron chi connectivity index (χ4n) is 2.31. The molecule has 3 rings (SSSR count). The van der Waals surface area contributed by atoms with Crippen molar-refractivity contribution in [1.29, 1.82) is 0 Å². The average molecular weight is 334 g/mol. The number of piperidine rings is 1. The number of nitrogens with one attached hydrogen (secondary N) is 2. The van der Waals surface area contributed by atoms with Crippen LogP contribution in [-0.4, -0.2) is 28.7 Å². The molecule has 0 spiro atoms. The number of nitrogens with zero attached hydrogens (tertiary/aromatic N) is 2. The van der Waals surface area contributed by atoms with Crippen LogP contribution in [0.3, 0.4) is 0 Å². The van der Waals surface area contributed by atoms with E-state index < -0.39 is 0 Å². The molecule has 1 aromatic carbocycles. The Balaban J connectivity index is 1.51. The van der Waals surface area contributed by atoms with Crippen molar-refractivity contribution < 1.29 is 4.79 Å². The molecule has 0 bridgehead atoms. The van der Waals surface area contributed by atoms with Gasteiger partial charge in [-0.25, -0.2) is 0 Å². The Labute approximate surface area is 137 Å². The van der Waals surface area contributed by atoms with Crippen LogP contribution in [0.15, 0.2) is 34.7 Å². The summed E-state index contributed by atoms with van der Waals surface area (Å²) in [5, 5.41) is 14.8. The lowest BCUT2D eigenvalue weighted by molar-refractivity contribution is -0.118. The maximum atomic E-state index is 12.1. The number of thioether (sulfide) groups is 1. The van der Waals surface area contributed by atoms with Crippen molar-refractivity contribution in [2.24, 2.45) is 0 Å². The summed E-state index contributed by atoms with van der Waals surface area (Å²) in [6, 6.07) is 10.1. The van der Waals surface area contributed by atoms with Crippen molar-refractivity contribution in [2.75, 3.05) is 11.9 Å². The number of carbonyl (C=O) groups is 1. The summed E-state index contributed by atoms with van der Waals surface area (Å²) in [4.78, 5) is 12.1. The molecule has 5 nitrogen and oxygen atoms in total. The lowest BCUT2D eigenvalue weighted by atomic mass is 10.0. The van der Waals surface area contributed by atoms with Gasteiger partial charge in [-0.3, -0.25) is 10.1 Å². The van der Waals surface area contributed by atoms with Crippen LogP contribution in [0.25, 0.3) is 0 Å². The van der Waals surface area contributed by atoms with E-state index in [9.17, 15) is 4.79 Å². The van der Waals surface area contributed by atoms with E-state index in [-0.39, 0.29) is 11.9 Å². The van der Waals surface area contributed by atoms with Crippen LogP contribution >= 0.6 is 23.1 Å². The van der Waals surface area contributed by atoms with Crippen molar-refractivity contribution in [1.82, 2.24) is 15.5 Å². The minimum Gasteiger partial charge on any atom is -0.306 e. The molecule has 1 aliphatic heterocycles. The standard InChI is InChI=1S/C15H18N4OS2/c20-13(12-8-4-5-9-16-12)17-14-18-19-15(22-14)21-10-11-6-2-1-3-7-11/h1-3,6-7,12,16H,4-5,8-10H2,(H,17,18,20). The van der Waals surface area contributed by atoms with Crippen molar-refractivity contribution in [3.05, 3.63) is 35.9 Å². The van der Waals surface area contributed by atoms with Gasteiger partial charge in [-0.15, -0.1) is 10.2 Å². The monoisotopic (exact) mass is 334 g/mol. The van der Waals surface area contributed by atoms with Crippen LogP contribution in [0.4, 0.5) is 5.13 Å². The largest absolute Gasteiger partial charge is 0.306 e. The molecule has 1 aromatic heterocycles. The number of aromatic nitrogens is 2. The van der Waals surface area contributed by atoms with E-state index >= 15 is 0 Å². The Hall–Kier alpha value is -1.44. The summed E-state index contributed by atoms with van der Waals surface area (Å²) in [5.74, 6) is 0.851. The summed E-state index contributed by atoms with van der Waals surface area (Å²) in [6.07, 6.45) is 3.13. The Morgan fingerprint density at radius 1 is 1.32 bits per heavy atom. The number of benzene rings is 1. The van der Waals surface area contributed by atoms with Crippen LogP contribution in [0.1, 0.15) is 24.8 Å². The van der Waals surface area contributed by atoms with Crippen LogP contribution in [0.2, 0.25) is 0 Å². The van der Waals surface area contributed by atoms with Crippen molar-refractivity contribution >= 4 is 34.1 Å². The first kappa shape index (κ1) is 15.5. The van der Waals surface area contributed by atoms with Crippen LogP contribution in [-0.2, 0) is 10.5 Å². The SMILES string of the molecule is O=C(Nc1nnc(SCc2ccccc2)s1)C1CCCCN1. The zero-order chi connectivity index (χ0) is 15.2. The third-order valence-corrected chi connectivity index (χ3v) is 5.51. The van der Waals surface area contributed by atoms with Gasteiger partial charge in [-0.2, -0.15) is 0 Å². The third kappa shape index (κ3) is 4.28. The Kier molecular flexibility index (Phi) is 5.42. The molecule has 1 aliphatic rings. The molecule has 1 atom stereocenters. The maximum absolute atomic E-state index is 12.1. The molecule has 7 heteroatoms. The van der Waals surface area contributed by atoms with Gasteiger partial charge >= 0.3 is 0 Å². The first-order chi connectivity index (χ1) is 10.8. The van der Waals surface area contributed by atoms with E-state index in [1.54, 1.807) is 11.8 Å². The van der Waals surface area contributed by atoms with Gasteiger partial charge in [0.05, 0.1) is 6.04 Å². The first-order valence-electron chi connectivity index (χ1n) is 7.36. The lowest BCUT2D eigenvalue weighted by Crippen LogP contribution is -2.43. The molecule has 22 heavy (non-hydrogen) atoms. The highest BCUT2D eigenvalue weighted by molar-refractivity contribution is 8.00. The van der Waals surface area contributed by atoms with Gasteiger partial charge in [0.1, 0.15) is 0 Å². The van der Waals surface area contributed by atoms with Crippen molar-refractivity contribution in [3.8, 4) is 0 Å². The summed E-state index contributed by atoms with van der Waals surface area (Å²) >= 11 is 3.06. The van der Waals surface area contributed by atoms with Crippen molar-refractivity contribution in [3.63, 3.8) is 0 Å². The average Bonchev–Trinajstić information content (AvgIpc) is 3.02. The number of hydrogen-bond acceptors (Lipinski definition) is 6. The number of carbonyl (C=O) groups excluding carboxylic acids is 1. The fourth-order valence-corrected chi connectivity index (χ4v) is 4.02. The van der Waals surface area contributed by atoms with Gasteiger partial charge in [0.2, 0.25) is 11.0 Å². The molecule has 0 radical (unpaired) electrons. The molecule has 0 saturated carbocycles. The second-order valence-electron chi connectivity index (χ2n) is 5.14. The maximum Gasteiger partial charge on any atom is 0.243 e. The summed E-state index contributed by atoms with van der Waals surface area (Å²) in [6.45, 7) is 0.909. The second kappa shape index (κ2) is 7.71. The quantitative estimate of drug-likeness (QED) is 0.650. The van der Waals surface area contributed by atoms with E-state index in [0.717, 1.165) is 35.9 Å². The van der Waals surface area contributed by atoms with Gasteiger partial charge in [-0.1, -0.05) is 59.9 Å². The predicted molar refractivity (Wildman–Crippen MR) is 90.2 cm³/mol. The van der Waals surface area contributed by atoms with E-state index in [1.165, 1.54) is 16.9 Å². The van der Waals surface area contributed by atoms with Gasteiger partial charge in [0.15, 0.2) is 4.34 Å². The minimum absolute atomic E-state index is 0.00420. The highest BCUT2D eigenvalue weighted by Gasteiger charge is 2.21. The van der Waals surface area contributed by atoms with E-state index in [1.807, 2.05) is 18.2 Å². The van der Waals surface area contributed by atoms with E-state index in [0.29, 0.717) is 5.13 Å². The molecule has 2 N–H and O–H groups in total. The number of anilines is 1. The number of rotatable bonds is 5. The van der Waals surface area contributed by atoms with Crippen molar-refractivity contribution in [2.45, 2.75) is 35.4 Å². The molecule has 116 valence electrons. The highest BCUT2D eigenvalue weighted by atomic mass is 32.2. The third-order valence-electron chi connectivity index (χ3n) is 3.47. The second-order valence-corrected chi connectivity index (χ2v) is 7.34. The molecule has 1 saturated heterocycles. The molecule has 2 heterocycles. The first-order valence-corrected chi connectivity index (χ1v) is 9.16. The molecule has 1 amide bonds. The molecule has 0 aliphatic carbocycles. The van der Waals surface area contributed by atoms with Crippen LogP contribution < -0.4 is 10.6 Å². The molecular formula is C15H18N4OS2. The minimum atomic E-state index is -0.0990. The molecular weight excluding hydrogens is 316 g/mol. The topological polar surface area (TPSA) is 66.9 Å². The van der Waals surface area contributed by atoms with Crippen LogP contribution in [0.5, 0.6) is 0 Å². The van der Waals surface area contributed by atoms with Gasteiger partial charge in [-0.05, 0) is 24.9 Å². The molecule has 2 aromatic rings. The lowest BCUT2D eigenvalue weighted by Gasteiger charge is -2.21. The number of amides is 1. The normalized spacial score (nSPS) is 18.1. The highest BCUT2D eigenvalue weighted by Crippen LogP contribution is 2.28. The predicted octanol–water partition coefficient (Wildman–Crippen LogP) is 2.91. The Bertz CT molecular complexity index is 611. The van der Waals surface area contributed by atoms with Gasteiger partial charge in [0, 0.05) is 5.75 Å². The zero-order valence-corrected chi connectivity index (χ0v) is 13.8.